The molecule has 1 heterocycles. The standard InChI is InChI=1S/C24H28BrF3N2O3/c1-24(2,3)33-23(32)29-20-13-17(25)22(31)30(11-10-14-6-4-5-7-18(14)27)21(20)16-12-15(26)8-9-19(16)28/h4-9,16-17,20-21H,10-13H2,1-3H3,(H,29,32)/t16?,17?,20?,21-/m1/s1. The lowest BCUT2D eigenvalue weighted by Gasteiger charge is -2.46. The van der Waals surface area contributed by atoms with E-state index < -0.39 is 52.0 Å². The second-order valence-corrected chi connectivity index (χ2v) is 10.4. The van der Waals surface area contributed by atoms with Crippen molar-refractivity contribution in [3.63, 3.8) is 0 Å². The summed E-state index contributed by atoms with van der Waals surface area (Å²) in [4.78, 5) is 26.4. The average Bonchev–Trinajstić information content (AvgIpc) is 2.71. The molecular formula is C24H28BrF3N2O3. The molecule has 1 saturated heterocycles. The van der Waals surface area contributed by atoms with E-state index in [2.05, 4.69) is 21.2 Å². The molecule has 1 aromatic rings. The molecule has 0 bridgehead atoms. The predicted molar refractivity (Wildman–Crippen MR) is 123 cm³/mol. The molecular weight excluding hydrogens is 501 g/mol. The zero-order valence-corrected chi connectivity index (χ0v) is 20.4. The average molecular weight is 529 g/mol. The fraction of sp³-hybridized carbons (Fsp3) is 0.500. The highest BCUT2D eigenvalue weighted by molar-refractivity contribution is 9.10. The second kappa shape index (κ2) is 10.3. The summed E-state index contributed by atoms with van der Waals surface area (Å²) in [7, 11) is 0. The van der Waals surface area contributed by atoms with Crippen LogP contribution in [-0.4, -0.2) is 46.0 Å². The van der Waals surface area contributed by atoms with E-state index in [-0.39, 0.29) is 31.7 Å². The first-order valence-electron chi connectivity index (χ1n) is 10.9. The van der Waals surface area contributed by atoms with Crippen LogP contribution in [0.1, 0.15) is 39.2 Å². The van der Waals surface area contributed by atoms with Gasteiger partial charge in [-0.05, 0) is 57.4 Å². The van der Waals surface area contributed by atoms with Crippen LogP contribution in [0.4, 0.5) is 18.0 Å². The van der Waals surface area contributed by atoms with Crippen molar-refractivity contribution in [2.45, 2.75) is 62.5 Å². The van der Waals surface area contributed by atoms with Gasteiger partial charge in [-0.25, -0.2) is 18.0 Å². The number of nitrogens with zero attached hydrogens (tertiary/aromatic N) is 1. The van der Waals surface area contributed by atoms with Crippen LogP contribution in [0.25, 0.3) is 0 Å². The molecule has 180 valence electrons. The maximum absolute atomic E-state index is 14.9. The fourth-order valence-electron chi connectivity index (χ4n) is 4.26. The number of hydrogen-bond acceptors (Lipinski definition) is 3. The van der Waals surface area contributed by atoms with E-state index in [0.717, 1.165) is 12.2 Å². The smallest absolute Gasteiger partial charge is 0.407 e. The fourth-order valence-corrected chi connectivity index (χ4v) is 4.93. The van der Waals surface area contributed by atoms with Crippen molar-refractivity contribution in [3.05, 3.63) is 59.5 Å². The van der Waals surface area contributed by atoms with Gasteiger partial charge in [0.05, 0.1) is 16.9 Å². The molecule has 1 N–H and O–H groups in total. The molecule has 0 spiro atoms. The summed E-state index contributed by atoms with van der Waals surface area (Å²) in [5.74, 6) is -2.80. The number of piperidine rings is 1. The van der Waals surface area contributed by atoms with Crippen molar-refractivity contribution in [1.29, 1.82) is 0 Å². The van der Waals surface area contributed by atoms with E-state index in [0.29, 0.717) is 5.56 Å². The normalized spacial score (nSPS) is 25.9. The summed E-state index contributed by atoms with van der Waals surface area (Å²) in [5.41, 5.74) is -0.351. The highest BCUT2D eigenvalue weighted by Gasteiger charge is 2.47. The van der Waals surface area contributed by atoms with Gasteiger partial charge in [0, 0.05) is 18.9 Å². The molecule has 1 aliphatic heterocycles. The van der Waals surface area contributed by atoms with Gasteiger partial charge in [0.2, 0.25) is 5.91 Å². The Kier molecular flexibility index (Phi) is 7.92. The lowest BCUT2D eigenvalue weighted by Crippen LogP contribution is -2.64. The molecule has 9 heteroatoms. The number of carbonyl (C=O) groups is 2. The number of amides is 2. The summed E-state index contributed by atoms with van der Waals surface area (Å²) < 4.78 is 48.6. The van der Waals surface area contributed by atoms with Gasteiger partial charge < -0.3 is 15.0 Å². The number of nitrogens with one attached hydrogen (secondary N) is 1. The highest BCUT2D eigenvalue weighted by atomic mass is 79.9. The maximum Gasteiger partial charge on any atom is 0.407 e. The van der Waals surface area contributed by atoms with Crippen LogP contribution in [-0.2, 0) is 16.0 Å². The SMILES string of the molecule is CC(C)(C)OC(=O)NC1CC(Br)C(=O)N(CCc2ccccc2F)[C@@H]1C1CC(F)=CC=C1F. The van der Waals surface area contributed by atoms with Crippen molar-refractivity contribution in [2.24, 2.45) is 5.92 Å². The Morgan fingerprint density at radius 3 is 2.58 bits per heavy atom. The Morgan fingerprint density at radius 1 is 1.21 bits per heavy atom. The van der Waals surface area contributed by atoms with Gasteiger partial charge in [0.25, 0.3) is 0 Å². The zero-order chi connectivity index (χ0) is 24.3. The number of benzene rings is 1. The molecule has 3 unspecified atom stereocenters. The molecule has 3 rings (SSSR count). The first kappa shape index (κ1) is 25.3. The van der Waals surface area contributed by atoms with Crippen LogP contribution in [0.5, 0.6) is 0 Å². The van der Waals surface area contributed by atoms with Crippen LogP contribution in [0, 0.1) is 11.7 Å². The largest absolute Gasteiger partial charge is 0.444 e. The molecule has 33 heavy (non-hydrogen) atoms. The van der Waals surface area contributed by atoms with Crippen molar-refractivity contribution in [3.8, 4) is 0 Å². The summed E-state index contributed by atoms with van der Waals surface area (Å²) in [6.45, 7) is 5.22. The second-order valence-electron chi connectivity index (χ2n) is 9.30. The summed E-state index contributed by atoms with van der Waals surface area (Å²) in [6, 6.07) is 4.62. The van der Waals surface area contributed by atoms with Crippen molar-refractivity contribution in [2.75, 3.05) is 6.54 Å². The van der Waals surface area contributed by atoms with Crippen molar-refractivity contribution < 1.29 is 27.5 Å². The lowest BCUT2D eigenvalue weighted by molar-refractivity contribution is -0.138. The minimum Gasteiger partial charge on any atom is -0.444 e. The van der Waals surface area contributed by atoms with Gasteiger partial charge in [-0.3, -0.25) is 4.79 Å². The first-order valence-corrected chi connectivity index (χ1v) is 11.8. The summed E-state index contributed by atoms with van der Waals surface area (Å²) in [5, 5.41) is 2.75. The van der Waals surface area contributed by atoms with E-state index in [1.165, 1.54) is 11.0 Å². The van der Waals surface area contributed by atoms with Crippen LogP contribution in [0.3, 0.4) is 0 Å². The monoisotopic (exact) mass is 528 g/mol. The molecule has 2 amide bonds. The molecule has 2 aliphatic rings. The Balaban J connectivity index is 1.91. The zero-order valence-electron chi connectivity index (χ0n) is 18.8. The Labute approximate surface area is 200 Å². The third-order valence-electron chi connectivity index (χ3n) is 5.67. The number of alkyl carbamates (subject to hydrolysis) is 1. The predicted octanol–water partition coefficient (Wildman–Crippen LogP) is 5.35. The number of halogens is 4. The first-order chi connectivity index (χ1) is 15.5. The topological polar surface area (TPSA) is 58.6 Å². The van der Waals surface area contributed by atoms with E-state index in [1.807, 2.05) is 0 Å². The number of rotatable bonds is 5. The Hall–Kier alpha value is -2.29. The Bertz CT molecular complexity index is 961. The molecule has 4 atom stereocenters. The van der Waals surface area contributed by atoms with E-state index in [4.69, 9.17) is 4.74 Å². The number of alkyl halides is 1. The van der Waals surface area contributed by atoms with Gasteiger partial charge in [-0.15, -0.1) is 0 Å². The molecule has 0 radical (unpaired) electrons. The minimum atomic E-state index is -0.987. The highest BCUT2D eigenvalue weighted by Crippen LogP contribution is 2.38. The third-order valence-corrected chi connectivity index (χ3v) is 6.44. The number of carbonyl (C=O) groups excluding carboxylic acids is 2. The van der Waals surface area contributed by atoms with Gasteiger partial charge in [0.15, 0.2) is 0 Å². The Morgan fingerprint density at radius 2 is 1.91 bits per heavy atom. The number of likely N-dealkylation sites (tertiary alicyclic amines) is 1. The van der Waals surface area contributed by atoms with Gasteiger partial charge in [-0.2, -0.15) is 0 Å². The van der Waals surface area contributed by atoms with E-state index >= 15 is 0 Å². The van der Waals surface area contributed by atoms with E-state index in [1.54, 1.807) is 39.0 Å². The molecule has 1 aliphatic carbocycles. The molecule has 1 fully saturated rings. The quantitative estimate of drug-likeness (QED) is 0.524. The maximum atomic E-state index is 14.9. The number of ether oxygens (including phenoxy) is 1. The van der Waals surface area contributed by atoms with Crippen LogP contribution in [0.2, 0.25) is 0 Å². The third kappa shape index (κ3) is 6.40. The number of allylic oxidation sites excluding steroid dienone is 3. The molecule has 0 aromatic heterocycles. The van der Waals surface area contributed by atoms with Crippen LogP contribution < -0.4 is 5.32 Å². The van der Waals surface area contributed by atoms with Crippen molar-refractivity contribution in [1.82, 2.24) is 10.2 Å². The van der Waals surface area contributed by atoms with E-state index in [9.17, 15) is 22.8 Å². The van der Waals surface area contributed by atoms with Crippen molar-refractivity contribution >= 4 is 27.9 Å². The molecule has 0 saturated carbocycles. The molecule has 5 nitrogen and oxygen atoms in total. The lowest BCUT2D eigenvalue weighted by atomic mass is 9.81. The molecule has 1 aromatic carbocycles. The van der Waals surface area contributed by atoms with Gasteiger partial charge >= 0.3 is 6.09 Å². The minimum absolute atomic E-state index is 0.0775. The summed E-state index contributed by atoms with van der Waals surface area (Å²) in [6.07, 6.45) is 1.52. The van der Waals surface area contributed by atoms with Crippen LogP contribution in [0.15, 0.2) is 48.1 Å². The van der Waals surface area contributed by atoms with Crippen LogP contribution >= 0.6 is 15.9 Å². The van der Waals surface area contributed by atoms with Gasteiger partial charge in [-0.1, -0.05) is 34.1 Å². The van der Waals surface area contributed by atoms with Gasteiger partial charge in [0.1, 0.15) is 23.1 Å². The number of hydrogen-bond donors (Lipinski definition) is 1. The summed E-state index contributed by atoms with van der Waals surface area (Å²) >= 11 is 3.35.